The first-order chi connectivity index (χ1) is 12.2. The molecule has 2 N–H and O–H groups in total. The number of primary sulfonamides is 1. The number of methoxy groups -OCH3 is 1. The van der Waals surface area contributed by atoms with Crippen molar-refractivity contribution in [2.45, 2.75) is 24.2 Å². The summed E-state index contributed by atoms with van der Waals surface area (Å²) in [6.07, 6.45) is 1.99. The molecule has 1 aliphatic rings. The van der Waals surface area contributed by atoms with Crippen LogP contribution in [-0.2, 0) is 10.0 Å². The highest BCUT2D eigenvalue weighted by Gasteiger charge is 2.24. The van der Waals surface area contributed by atoms with Gasteiger partial charge in [0.15, 0.2) is 0 Å². The van der Waals surface area contributed by atoms with Crippen molar-refractivity contribution in [3.8, 4) is 5.75 Å². The van der Waals surface area contributed by atoms with E-state index in [0.29, 0.717) is 35.3 Å². The van der Waals surface area contributed by atoms with Gasteiger partial charge < -0.3 is 4.74 Å². The van der Waals surface area contributed by atoms with Gasteiger partial charge in [-0.15, -0.1) is 0 Å². The summed E-state index contributed by atoms with van der Waals surface area (Å²) in [7, 11) is -2.83. The van der Waals surface area contributed by atoms with Gasteiger partial charge in [-0.2, -0.15) is 0 Å². The van der Waals surface area contributed by atoms with Crippen LogP contribution >= 0.6 is 11.6 Å². The largest absolute Gasteiger partial charge is 0.495 e. The number of hydrogen-bond acceptors (Lipinski definition) is 3. The zero-order chi connectivity index (χ0) is 19.1. The van der Waals surface area contributed by atoms with Gasteiger partial charge in [-0.25, -0.2) is 22.3 Å². The van der Waals surface area contributed by atoms with Crippen LogP contribution in [0.5, 0.6) is 5.75 Å². The Bertz CT molecular complexity index is 1020. The fraction of sp³-hybridized carbons (Fsp3) is 0.222. The third-order valence-electron chi connectivity index (χ3n) is 4.37. The van der Waals surface area contributed by atoms with E-state index in [1.165, 1.54) is 7.11 Å². The summed E-state index contributed by atoms with van der Waals surface area (Å²) in [4.78, 5) is -0.855. The highest BCUT2D eigenvalue weighted by molar-refractivity contribution is 7.89. The first-order valence-corrected chi connectivity index (χ1v) is 9.73. The Morgan fingerprint density at radius 2 is 1.77 bits per heavy atom. The molecule has 0 spiro atoms. The molecule has 0 unspecified atom stereocenters. The van der Waals surface area contributed by atoms with Crippen molar-refractivity contribution >= 4 is 32.8 Å². The molecule has 0 atom stereocenters. The molecule has 0 aromatic heterocycles. The molecule has 0 amide bonds. The standard InChI is InChI=1S/C18H16ClF2NO3S/c1-25-17-6-5-10(7-14(17)19)11-3-2-4-12(11)13-8-16(21)18(9-15(13)20)26(22,23)24/h5-9H,2-4H2,1H3,(H2,22,23,24). The molecule has 8 heteroatoms. The summed E-state index contributed by atoms with van der Waals surface area (Å²) >= 11 is 6.17. The second-order valence-corrected chi connectivity index (χ2v) is 7.90. The third-order valence-corrected chi connectivity index (χ3v) is 5.59. The highest BCUT2D eigenvalue weighted by Crippen LogP contribution is 2.42. The number of sulfonamides is 1. The molecule has 3 rings (SSSR count). The number of nitrogens with two attached hydrogens (primary N) is 1. The Balaban J connectivity index is 2.14. The minimum atomic E-state index is -4.34. The molecule has 0 bridgehead atoms. The molecule has 0 heterocycles. The molecule has 0 radical (unpaired) electrons. The lowest BCUT2D eigenvalue weighted by Crippen LogP contribution is -2.15. The van der Waals surface area contributed by atoms with Crippen molar-refractivity contribution < 1.29 is 21.9 Å². The lowest BCUT2D eigenvalue weighted by molar-refractivity contribution is 0.415. The van der Waals surface area contributed by atoms with E-state index in [1.807, 2.05) is 0 Å². The molecular formula is C18H16ClF2NO3S. The molecular weight excluding hydrogens is 384 g/mol. The van der Waals surface area contributed by atoms with Gasteiger partial charge in [0.2, 0.25) is 10.0 Å². The molecule has 0 saturated heterocycles. The number of halogens is 3. The normalized spacial score (nSPS) is 14.8. The SMILES string of the molecule is COc1ccc(C2=C(c3cc(F)c(S(N)(=O)=O)cc3F)CCC2)cc1Cl. The summed E-state index contributed by atoms with van der Waals surface area (Å²) in [5, 5.41) is 5.34. The van der Waals surface area contributed by atoms with Crippen LogP contribution in [0.25, 0.3) is 11.1 Å². The third kappa shape index (κ3) is 3.47. The summed E-state index contributed by atoms with van der Waals surface area (Å²) in [6, 6.07) is 6.75. The number of benzene rings is 2. The van der Waals surface area contributed by atoms with E-state index >= 15 is 0 Å². The zero-order valence-corrected chi connectivity index (χ0v) is 15.4. The van der Waals surface area contributed by atoms with Gasteiger partial charge in [0.05, 0.1) is 12.1 Å². The maximum absolute atomic E-state index is 14.5. The van der Waals surface area contributed by atoms with E-state index < -0.39 is 26.6 Å². The average Bonchev–Trinajstić information content (AvgIpc) is 3.05. The van der Waals surface area contributed by atoms with Crippen LogP contribution < -0.4 is 9.88 Å². The summed E-state index contributed by atoms with van der Waals surface area (Å²) < 4.78 is 56.6. The summed E-state index contributed by atoms with van der Waals surface area (Å²) in [5.41, 5.74) is 2.30. The number of allylic oxidation sites excluding steroid dienone is 2. The molecule has 138 valence electrons. The van der Waals surface area contributed by atoms with E-state index in [-0.39, 0.29) is 5.56 Å². The van der Waals surface area contributed by atoms with E-state index in [4.69, 9.17) is 21.5 Å². The zero-order valence-electron chi connectivity index (χ0n) is 13.9. The molecule has 0 fully saturated rings. The summed E-state index contributed by atoms with van der Waals surface area (Å²) in [6.45, 7) is 0. The minimum absolute atomic E-state index is 0.0364. The van der Waals surface area contributed by atoms with Crippen molar-refractivity contribution in [1.29, 1.82) is 0 Å². The van der Waals surface area contributed by atoms with Crippen molar-refractivity contribution in [3.05, 3.63) is 58.1 Å². The topological polar surface area (TPSA) is 69.4 Å². The second-order valence-electron chi connectivity index (χ2n) is 5.97. The van der Waals surface area contributed by atoms with E-state index in [9.17, 15) is 17.2 Å². The van der Waals surface area contributed by atoms with Crippen molar-refractivity contribution in [2.75, 3.05) is 7.11 Å². The fourth-order valence-electron chi connectivity index (χ4n) is 3.19. The van der Waals surface area contributed by atoms with E-state index in [2.05, 4.69) is 0 Å². The molecule has 2 aromatic rings. The van der Waals surface area contributed by atoms with Crippen molar-refractivity contribution in [1.82, 2.24) is 0 Å². The fourth-order valence-corrected chi connectivity index (χ4v) is 4.05. The van der Waals surface area contributed by atoms with Gasteiger partial charge in [0, 0.05) is 5.56 Å². The maximum Gasteiger partial charge on any atom is 0.241 e. The van der Waals surface area contributed by atoms with E-state index in [0.717, 1.165) is 23.6 Å². The molecule has 0 aliphatic heterocycles. The van der Waals surface area contributed by atoms with Gasteiger partial charge in [0.25, 0.3) is 0 Å². The Morgan fingerprint density at radius 1 is 1.08 bits per heavy atom. The predicted octanol–water partition coefficient (Wildman–Crippen LogP) is 4.37. The van der Waals surface area contributed by atoms with Crippen LogP contribution in [0.4, 0.5) is 8.78 Å². The molecule has 26 heavy (non-hydrogen) atoms. The van der Waals surface area contributed by atoms with Crippen LogP contribution in [0.15, 0.2) is 35.2 Å². The smallest absolute Gasteiger partial charge is 0.241 e. The van der Waals surface area contributed by atoms with Crippen molar-refractivity contribution in [2.24, 2.45) is 5.14 Å². The van der Waals surface area contributed by atoms with Gasteiger partial charge >= 0.3 is 0 Å². The lowest BCUT2D eigenvalue weighted by Gasteiger charge is -2.12. The molecule has 0 saturated carbocycles. The van der Waals surface area contributed by atoms with Gasteiger partial charge in [-0.1, -0.05) is 17.7 Å². The van der Waals surface area contributed by atoms with E-state index in [1.54, 1.807) is 18.2 Å². The maximum atomic E-state index is 14.5. The highest BCUT2D eigenvalue weighted by atomic mass is 35.5. The predicted molar refractivity (Wildman–Crippen MR) is 96.4 cm³/mol. The first kappa shape index (κ1) is 18.8. The Morgan fingerprint density at radius 3 is 2.38 bits per heavy atom. The lowest BCUT2D eigenvalue weighted by atomic mass is 9.96. The molecule has 2 aromatic carbocycles. The number of hydrogen-bond donors (Lipinski definition) is 1. The number of ether oxygens (including phenoxy) is 1. The van der Waals surface area contributed by atoms with Gasteiger partial charge in [-0.05, 0) is 60.2 Å². The van der Waals surface area contributed by atoms with Crippen LogP contribution in [0.1, 0.15) is 30.4 Å². The molecule has 1 aliphatic carbocycles. The average molecular weight is 400 g/mol. The van der Waals surface area contributed by atoms with Gasteiger partial charge in [-0.3, -0.25) is 0 Å². The van der Waals surface area contributed by atoms with Gasteiger partial charge in [0.1, 0.15) is 22.3 Å². The monoisotopic (exact) mass is 399 g/mol. The number of rotatable bonds is 4. The quantitative estimate of drug-likeness (QED) is 0.830. The van der Waals surface area contributed by atoms with Crippen LogP contribution in [0.3, 0.4) is 0 Å². The Hall–Kier alpha value is -1.96. The minimum Gasteiger partial charge on any atom is -0.495 e. The Labute approximate surface area is 155 Å². The van der Waals surface area contributed by atoms with Crippen molar-refractivity contribution in [3.63, 3.8) is 0 Å². The molecule has 4 nitrogen and oxygen atoms in total. The van der Waals surface area contributed by atoms with Crippen LogP contribution in [-0.4, -0.2) is 15.5 Å². The summed E-state index contributed by atoms with van der Waals surface area (Å²) in [5.74, 6) is -1.38. The van der Waals surface area contributed by atoms with Crippen LogP contribution in [0.2, 0.25) is 5.02 Å². The second kappa shape index (κ2) is 6.98. The first-order valence-electron chi connectivity index (χ1n) is 7.80. The Kier molecular flexibility index (Phi) is 5.05. The van der Waals surface area contributed by atoms with Crippen LogP contribution in [0, 0.1) is 11.6 Å².